The van der Waals surface area contributed by atoms with Crippen molar-refractivity contribution in [3.8, 4) is 0 Å². The molecule has 0 atom stereocenters. The molecule has 4 nitrogen and oxygen atoms in total. The molecule has 4 heteroatoms. The molecule has 1 aliphatic carbocycles. The Morgan fingerprint density at radius 1 is 1.08 bits per heavy atom. The number of para-hydroxylation sites is 1. The van der Waals surface area contributed by atoms with Crippen LogP contribution in [0.3, 0.4) is 0 Å². The Bertz CT molecular complexity index is 703. The smallest absolute Gasteiger partial charge is 0.229 e. The Hall–Kier alpha value is -2.10. The zero-order chi connectivity index (χ0) is 17.1. The van der Waals surface area contributed by atoms with Gasteiger partial charge >= 0.3 is 0 Å². The molecule has 1 fully saturated rings. The van der Waals surface area contributed by atoms with Crippen LogP contribution >= 0.6 is 0 Å². The Labute approximate surface area is 145 Å². The second kappa shape index (κ2) is 7.20. The Balaban J connectivity index is 1.86. The summed E-state index contributed by atoms with van der Waals surface area (Å²) in [6.45, 7) is 8.57. The number of aryl methyl sites for hydroxylation is 2. The summed E-state index contributed by atoms with van der Waals surface area (Å²) in [7, 11) is 0. The first-order valence-corrected chi connectivity index (χ1v) is 9.01. The van der Waals surface area contributed by atoms with Crippen molar-refractivity contribution in [1.29, 1.82) is 0 Å². The molecule has 1 aromatic heterocycles. The summed E-state index contributed by atoms with van der Waals surface area (Å²) < 4.78 is 0. The van der Waals surface area contributed by atoms with Crippen molar-refractivity contribution in [2.75, 3.05) is 10.6 Å². The average Bonchev–Trinajstić information content (AvgIpc) is 3.01. The summed E-state index contributed by atoms with van der Waals surface area (Å²) in [6.07, 6.45) is 5.10. The van der Waals surface area contributed by atoms with Crippen molar-refractivity contribution in [1.82, 2.24) is 9.97 Å². The van der Waals surface area contributed by atoms with Crippen LogP contribution in [0.25, 0.3) is 0 Å². The van der Waals surface area contributed by atoms with Crippen LogP contribution in [0.5, 0.6) is 0 Å². The van der Waals surface area contributed by atoms with E-state index in [0.29, 0.717) is 17.9 Å². The molecule has 3 rings (SSSR count). The van der Waals surface area contributed by atoms with Gasteiger partial charge in [-0.15, -0.1) is 0 Å². The third-order valence-corrected chi connectivity index (χ3v) is 4.73. The largest absolute Gasteiger partial charge is 0.367 e. The van der Waals surface area contributed by atoms with Crippen LogP contribution in [0.4, 0.5) is 17.5 Å². The molecule has 24 heavy (non-hydrogen) atoms. The lowest BCUT2D eigenvalue weighted by atomic mass is 9.98. The number of rotatable bonds is 5. The van der Waals surface area contributed by atoms with Gasteiger partial charge in [-0.2, -0.15) is 4.98 Å². The van der Waals surface area contributed by atoms with Crippen molar-refractivity contribution >= 4 is 17.5 Å². The molecule has 128 valence electrons. The maximum atomic E-state index is 4.70. The Kier molecular flexibility index (Phi) is 5.03. The van der Waals surface area contributed by atoms with Gasteiger partial charge in [-0.1, -0.05) is 44.9 Å². The highest BCUT2D eigenvalue weighted by Gasteiger charge is 2.16. The minimum Gasteiger partial charge on any atom is -0.367 e. The fourth-order valence-electron chi connectivity index (χ4n) is 3.43. The molecule has 2 N–H and O–H groups in total. The quantitative estimate of drug-likeness (QED) is 0.782. The summed E-state index contributed by atoms with van der Waals surface area (Å²) in [4.78, 5) is 9.28. The van der Waals surface area contributed by atoms with Gasteiger partial charge in [0.1, 0.15) is 5.82 Å². The SMILES string of the molecule is Cc1cc(NC2CCCC2)nc(Nc2c(C)cccc2C(C)C)n1. The van der Waals surface area contributed by atoms with E-state index in [-0.39, 0.29) is 0 Å². The van der Waals surface area contributed by atoms with E-state index in [9.17, 15) is 0 Å². The van der Waals surface area contributed by atoms with E-state index in [1.807, 2.05) is 13.0 Å². The molecule has 1 aliphatic rings. The van der Waals surface area contributed by atoms with Gasteiger partial charge in [-0.05, 0) is 43.7 Å². The predicted molar refractivity (Wildman–Crippen MR) is 101 cm³/mol. The molecule has 0 spiro atoms. The first-order chi connectivity index (χ1) is 11.5. The van der Waals surface area contributed by atoms with Crippen LogP contribution in [0.2, 0.25) is 0 Å². The fourth-order valence-corrected chi connectivity index (χ4v) is 3.43. The highest BCUT2D eigenvalue weighted by atomic mass is 15.2. The summed E-state index contributed by atoms with van der Waals surface area (Å²) >= 11 is 0. The maximum absolute atomic E-state index is 4.70. The van der Waals surface area contributed by atoms with E-state index in [1.54, 1.807) is 0 Å². The number of nitrogens with one attached hydrogen (secondary N) is 2. The number of benzene rings is 1. The minimum atomic E-state index is 0.452. The summed E-state index contributed by atoms with van der Waals surface area (Å²) in [6, 6.07) is 9.00. The van der Waals surface area contributed by atoms with Crippen LogP contribution in [0.1, 0.15) is 62.3 Å². The number of nitrogens with zero attached hydrogens (tertiary/aromatic N) is 2. The van der Waals surface area contributed by atoms with Gasteiger partial charge in [0.2, 0.25) is 5.95 Å². The van der Waals surface area contributed by atoms with Crippen LogP contribution < -0.4 is 10.6 Å². The van der Waals surface area contributed by atoms with E-state index >= 15 is 0 Å². The van der Waals surface area contributed by atoms with E-state index < -0.39 is 0 Å². The molecule has 1 aromatic carbocycles. The fraction of sp³-hybridized carbons (Fsp3) is 0.500. The summed E-state index contributed by atoms with van der Waals surface area (Å²) in [5.41, 5.74) is 4.62. The van der Waals surface area contributed by atoms with E-state index in [2.05, 4.69) is 54.6 Å². The minimum absolute atomic E-state index is 0.452. The zero-order valence-corrected chi connectivity index (χ0v) is 15.2. The second-order valence-corrected chi connectivity index (χ2v) is 7.16. The molecule has 1 saturated carbocycles. The van der Waals surface area contributed by atoms with E-state index in [1.165, 1.54) is 36.8 Å². The first-order valence-electron chi connectivity index (χ1n) is 9.01. The van der Waals surface area contributed by atoms with Crippen molar-refractivity contribution in [3.63, 3.8) is 0 Å². The molecule has 0 aliphatic heterocycles. The standard InChI is InChI=1S/C20H28N4/c1-13(2)17-11-7-8-14(3)19(17)24-20-21-15(4)12-18(23-20)22-16-9-5-6-10-16/h7-8,11-13,16H,5-6,9-10H2,1-4H3,(H2,21,22,23,24). The zero-order valence-electron chi connectivity index (χ0n) is 15.2. The maximum Gasteiger partial charge on any atom is 0.229 e. The average molecular weight is 324 g/mol. The van der Waals surface area contributed by atoms with Gasteiger partial charge < -0.3 is 10.6 Å². The Morgan fingerprint density at radius 3 is 2.54 bits per heavy atom. The molecular weight excluding hydrogens is 296 g/mol. The van der Waals surface area contributed by atoms with Crippen LogP contribution in [0, 0.1) is 13.8 Å². The van der Waals surface area contributed by atoms with Crippen LogP contribution in [-0.2, 0) is 0 Å². The van der Waals surface area contributed by atoms with E-state index in [0.717, 1.165) is 17.2 Å². The lowest BCUT2D eigenvalue weighted by Gasteiger charge is -2.18. The number of hydrogen-bond donors (Lipinski definition) is 2. The molecular formula is C20H28N4. The van der Waals surface area contributed by atoms with Gasteiger partial charge in [0.25, 0.3) is 0 Å². The van der Waals surface area contributed by atoms with E-state index in [4.69, 9.17) is 4.98 Å². The molecule has 0 bridgehead atoms. The third kappa shape index (κ3) is 3.86. The predicted octanol–water partition coefficient (Wildman–Crippen LogP) is 5.31. The van der Waals surface area contributed by atoms with Crippen LogP contribution in [0.15, 0.2) is 24.3 Å². The van der Waals surface area contributed by atoms with Gasteiger partial charge in [-0.25, -0.2) is 4.98 Å². The molecule has 2 aromatic rings. The van der Waals surface area contributed by atoms with Crippen LogP contribution in [-0.4, -0.2) is 16.0 Å². The molecule has 0 radical (unpaired) electrons. The van der Waals surface area contributed by atoms with Crippen molar-refractivity contribution in [2.24, 2.45) is 0 Å². The lowest BCUT2D eigenvalue weighted by Crippen LogP contribution is -2.16. The second-order valence-electron chi connectivity index (χ2n) is 7.16. The summed E-state index contributed by atoms with van der Waals surface area (Å²) in [5, 5.41) is 7.03. The first kappa shape index (κ1) is 16.7. The van der Waals surface area contributed by atoms with Gasteiger partial charge in [0, 0.05) is 23.5 Å². The highest BCUT2D eigenvalue weighted by molar-refractivity contribution is 5.64. The van der Waals surface area contributed by atoms with Gasteiger partial charge in [0.15, 0.2) is 0 Å². The topological polar surface area (TPSA) is 49.8 Å². The number of aromatic nitrogens is 2. The van der Waals surface area contributed by atoms with Crippen molar-refractivity contribution < 1.29 is 0 Å². The van der Waals surface area contributed by atoms with Crippen molar-refractivity contribution in [3.05, 3.63) is 41.1 Å². The summed E-state index contributed by atoms with van der Waals surface area (Å²) in [5.74, 6) is 2.05. The highest BCUT2D eigenvalue weighted by Crippen LogP contribution is 2.30. The van der Waals surface area contributed by atoms with Gasteiger partial charge in [-0.3, -0.25) is 0 Å². The monoisotopic (exact) mass is 324 g/mol. The molecule has 0 saturated heterocycles. The third-order valence-electron chi connectivity index (χ3n) is 4.73. The number of hydrogen-bond acceptors (Lipinski definition) is 4. The lowest BCUT2D eigenvalue weighted by molar-refractivity contribution is 0.749. The molecule has 0 amide bonds. The van der Waals surface area contributed by atoms with Gasteiger partial charge in [0.05, 0.1) is 0 Å². The molecule has 1 heterocycles. The normalized spacial score (nSPS) is 15.0. The Morgan fingerprint density at radius 2 is 1.83 bits per heavy atom. The number of anilines is 3. The molecule has 0 unspecified atom stereocenters. The van der Waals surface area contributed by atoms with Crippen molar-refractivity contribution in [2.45, 2.75) is 65.3 Å².